The smallest absolute Gasteiger partial charge is 0.227 e. The van der Waals surface area contributed by atoms with E-state index in [1.165, 1.54) is 0 Å². The molecule has 28 heavy (non-hydrogen) atoms. The highest BCUT2D eigenvalue weighted by Gasteiger charge is 2.14. The van der Waals surface area contributed by atoms with Crippen LogP contribution in [0, 0.1) is 0 Å². The molecule has 0 fully saturated rings. The van der Waals surface area contributed by atoms with Gasteiger partial charge in [0.05, 0.1) is 0 Å². The number of aryl methyl sites for hydroxylation is 1. The highest BCUT2D eigenvalue weighted by atomic mass is 16.5. The lowest BCUT2D eigenvalue weighted by Crippen LogP contribution is -2.12. The van der Waals surface area contributed by atoms with Crippen molar-refractivity contribution in [3.63, 3.8) is 0 Å². The summed E-state index contributed by atoms with van der Waals surface area (Å²) in [6.07, 6.45) is 3.69. The van der Waals surface area contributed by atoms with E-state index in [4.69, 9.17) is 14.0 Å². The summed E-state index contributed by atoms with van der Waals surface area (Å²) in [5.41, 5.74) is 0.684. The standard InChI is InChI=1S/C20H22N4O4/c1-3-26-14(2)20-23-19(28-24-20)9-8-18(25)22-15-4-6-16(7-5-15)27-17-10-12-21-13-11-17/h4-7,10-14H,3,8-9H2,1-2H3,(H,22,25). The molecular formula is C20H22N4O4. The van der Waals surface area contributed by atoms with E-state index in [0.29, 0.717) is 41.9 Å². The van der Waals surface area contributed by atoms with Crippen molar-refractivity contribution in [1.82, 2.24) is 15.1 Å². The predicted molar refractivity (Wildman–Crippen MR) is 102 cm³/mol. The quantitative estimate of drug-likeness (QED) is 0.598. The van der Waals surface area contributed by atoms with Crippen molar-refractivity contribution in [3.8, 4) is 11.5 Å². The van der Waals surface area contributed by atoms with Gasteiger partial charge in [-0.05, 0) is 50.2 Å². The first-order chi connectivity index (χ1) is 13.6. The fourth-order valence-corrected chi connectivity index (χ4v) is 2.45. The zero-order valence-corrected chi connectivity index (χ0v) is 15.8. The van der Waals surface area contributed by atoms with E-state index < -0.39 is 0 Å². The molecule has 0 aliphatic carbocycles. The largest absolute Gasteiger partial charge is 0.457 e. The second-order valence-corrected chi connectivity index (χ2v) is 6.00. The molecule has 3 aromatic rings. The lowest BCUT2D eigenvalue weighted by atomic mass is 10.2. The zero-order valence-electron chi connectivity index (χ0n) is 15.8. The Labute approximate surface area is 162 Å². The third-order valence-electron chi connectivity index (χ3n) is 3.85. The maximum absolute atomic E-state index is 12.1. The number of benzene rings is 1. The van der Waals surface area contributed by atoms with Gasteiger partial charge >= 0.3 is 0 Å². The number of amides is 1. The van der Waals surface area contributed by atoms with Gasteiger partial charge in [-0.25, -0.2) is 0 Å². The third kappa shape index (κ3) is 5.62. The number of pyridine rings is 1. The number of hydrogen-bond donors (Lipinski definition) is 1. The van der Waals surface area contributed by atoms with Crippen LogP contribution in [0.1, 0.15) is 38.1 Å². The van der Waals surface area contributed by atoms with Gasteiger partial charge in [-0.15, -0.1) is 0 Å². The molecule has 1 amide bonds. The van der Waals surface area contributed by atoms with Gasteiger partial charge in [0.15, 0.2) is 5.82 Å². The topological polar surface area (TPSA) is 99.4 Å². The molecule has 1 unspecified atom stereocenters. The first kappa shape index (κ1) is 19.5. The van der Waals surface area contributed by atoms with Crippen LogP contribution in [0.4, 0.5) is 5.69 Å². The number of carbonyl (C=O) groups excluding carboxylic acids is 1. The Morgan fingerprint density at radius 3 is 2.57 bits per heavy atom. The summed E-state index contributed by atoms with van der Waals surface area (Å²) in [5.74, 6) is 2.13. The maximum atomic E-state index is 12.1. The van der Waals surface area contributed by atoms with E-state index in [2.05, 4.69) is 20.4 Å². The first-order valence-corrected chi connectivity index (χ1v) is 9.06. The minimum Gasteiger partial charge on any atom is -0.457 e. The third-order valence-corrected chi connectivity index (χ3v) is 3.85. The summed E-state index contributed by atoms with van der Waals surface area (Å²) in [7, 11) is 0. The van der Waals surface area contributed by atoms with Gasteiger partial charge in [-0.2, -0.15) is 4.98 Å². The molecule has 2 heterocycles. The van der Waals surface area contributed by atoms with Gasteiger partial charge in [0.25, 0.3) is 0 Å². The Morgan fingerprint density at radius 1 is 1.14 bits per heavy atom. The molecule has 2 aromatic heterocycles. The summed E-state index contributed by atoms with van der Waals surface area (Å²) < 4.78 is 16.3. The summed E-state index contributed by atoms with van der Waals surface area (Å²) in [6, 6.07) is 10.7. The van der Waals surface area contributed by atoms with Crippen molar-refractivity contribution in [2.75, 3.05) is 11.9 Å². The van der Waals surface area contributed by atoms with Crippen LogP contribution < -0.4 is 10.1 Å². The average molecular weight is 382 g/mol. The molecule has 0 saturated heterocycles. The van der Waals surface area contributed by atoms with Gasteiger partial charge in [0.2, 0.25) is 11.8 Å². The number of nitrogens with zero attached hydrogens (tertiary/aromatic N) is 3. The van der Waals surface area contributed by atoms with Gasteiger partial charge in [-0.3, -0.25) is 9.78 Å². The maximum Gasteiger partial charge on any atom is 0.227 e. The van der Waals surface area contributed by atoms with E-state index in [1.807, 2.05) is 13.8 Å². The van der Waals surface area contributed by atoms with Crippen LogP contribution in [0.3, 0.4) is 0 Å². The van der Waals surface area contributed by atoms with E-state index >= 15 is 0 Å². The number of aromatic nitrogens is 3. The molecule has 1 aromatic carbocycles. The fraction of sp³-hybridized carbons (Fsp3) is 0.300. The molecule has 1 atom stereocenters. The number of nitrogens with one attached hydrogen (secondary N) is 1. The van der Waals surface area contributed by atoms with Crippen LogP contribution in [-0.2, 0) is 16.0 Å². The Kier molecular flexibility index (Phi) is 6.69. The van der Waals surface area contributed by atoms with Crippen molar-refractivity contribution in [2.45, 2.75) is 32.8 Å². The van der Waals surface area contributed by atoms with Crippen molar-refractivity contribution in [1.29, 1.82) is 0 Å². The lowest BCUT2D eigenvalue weighted by Gasteiger charge is -2.07. The highest BCUT2D eigenvalue weighted by Crippen LogP contribution is 2.22. The second kappa shape index (κ2) is 9.61. The molecule has 0 aliphatic heterocycles. The van der Waals surface area contributed by atoms with Gasteiger partial charge in [-0.1, -0.05) is 5.16 Å². The molecule has 3 rings (SSSR count). The summed E-state index contributed by atoms with van der Waals surface area (Å²) >= 11 is 0. The molecule has 8 nitrogen and oxygen atoms in total. The fourth-order valence-electron chi connectivity index (χ4n) is 2.45. The highest BCUT2D eigenvalue weighted by molar-refractivity contribution is 5.90. The zero-order chi connectivity index (χ0) is 19.8. The number of ether oxygens (including phenoxy) is 2. The molecule has 146 valence electrons. The average Bonchev–Trinajstić information content (AvgIpc) is 3.18. The summed E-state index contributed by atoms with van der Waals surface area (Å²) in [4.78, 5) is 20.3. The molecule has 0 saturated carbocycles. The normalized spacial score (nSPS) is 11.8. The summed E-state index contributed by atoms with van der Waals surface area (Å²) in [5, 5.41) is 6.71. The molecule has 1 N–H and O–H groups in total. The molecule has 8 heteroatoms. The number of anilines is 1. The molecule has 0 radical (unpaired) electrons. The van der Waals surface area contributed by atoms with Gasteiger partial charge in [0, 0.05) is 37.5 Å². The van der Waals surface area contributed by atoms with E-state index in [-0.39, 0.29) is 18.4 Å². The molecule has 0 bridgehead atoms. The van der Waals surface area contributed by atoms with Crippen LogP contribution in [0.25, 0.3) is 0 Å². The SMILES string of the molecule is CCOC(C)c1noc(CCC(=O)Nc2ccc(Oc3ccncc3)cc2)n1. The van der Waals surface area contributed by atoms with Crippen LogP contribution >= 0.6 is 0 Å². The minimum absolute atomic E-state index is 0.139. The van der Waals surface area contributed by atoms with Crippen LogP contribution in [0.15, 0.2) is 53.3 Å². The number of carbonyl (C=O) groups is 1. The minimum atomic E-state index is -0.232. The van der Waals surface area contributed by atoms with Crippen LogP contribution in [0.2, 0.25) is 0 Å². The Morgan fingerprint density at radius 2 is 1.86 bits per heavy atom. The molecule has 0 aliphatic rings. The summed E-state index contributed by atoms with van der Waals surface area (Å²) in [6.45, 7) is 4.33. The monoisotopic (exact) mass is 382 g/mol. The number of hydrogen-bond acceptors (Lipinski definition) is 7. The van der Waals surface area contributed by atoms with Gasteiger partial charge < -0.3 is 19.3 Å². The van der Waals surface area contributed by atoms with Crippen molar-refractivity contribution >= 4 is 11.6 Å². The predicted octanol–water partition coefficient (Wildman–Crippen LogP) is 3.93. The second-order valence-electron chi connectivity index (χ2n) is 6.00. The lowest BCUT2D eigenvalue weighted by molar-refractivity contribution is -0.116. The molecule has 0 spiro atoms. The Bertz CT molecular complexity index is 881. The van der Waals surface area contributed by atoms with E-state index in [1.54, 1.807) is 48.8 Å². The van der Waals surface area contributed by atoms with E-state index in [9.17, 15) is 4.79 Å². The van der Waals surface area contributed by atoms with Crippen molar-refractivity contribution in [2.24, 2.45) is 0 Å². The Balaban J connectivity index is 1.47. The first-order valence-electron chi connectivity index (χ1n) is 9.06. The number of rotatable bonds is 9. The van der Waals surface area contributed by atoms with Crippen molar-refractivity contribution < 1.29 is 18.8 Å². The Hall–Kier alpha value is -3.26. The van der Waals surface area contributed by atoms with Crippen molar-refractivity contribution in [3.05, 3.63) is 60.5 Å². The van der Waals surface area contributed by atoms with Crippen LogP contribution in [0.5, 0.6) is 11.5 Å². The van der Waals surface area contributed by atoms with E-state index in [0.717, 1.165) is 0 Å². The van der Waals surface area contributed by atoms with Crippen LogP contribution in [-0.4, -0.2) is 27.6 Å². The molecular weight excluding hydrogens is 360 g/mol. The van der Waals surface area contributed by atoms with Gasteiger partial charge in [0.1, 0.15) is 17.6 Å².